The molecule has 2 aromatic rings. The Labute approximate surface area is 164 Å². The molecule has 0 aliphatic rings. The number of halogens is 1. The Morgan fingerprint density at radius 1 is 1.22 bits per heavy atom. The molecule has 0 unspecified atom stereocenters. The molecular formula is C16H14ClN3O5S2. The van der Waals surface area contributed by atoms with Gasteiger partial charge in [-0.2, -0.15) is 5.26 Å². The van der Waals surface area contributed by atoms with E-state index in [1.165, 1.54) is 35.6 Å². The molecule has 0 aliphatic carbocycles. The molecule has 0 radical (unpaired) electrons. The molecular weight excluding hydrogens is 414 g/mol. The maximum atomic E-state index is 12.0. The van der Waals surface area contributed by atoms with Gasteiger partial charge in [-0.1, -0.05) is 11.6 Å². The molecule has 1 heterocycles. The Morgan fingerprint density at radius 3 is 2.59 bits per heavy atom. The van der Waals surface area contributed by atoms with Crippen molar-refractivity contribution in [1.82, 2.24) is 4.72 Å². The van der Waals surface area contributed by atoms with Crippen molar-refractivity contribution in [3.05, 3.63) is 46.3 Å². The third-order valence-electron chi connectivity index (χ3n) is 3.15. The molecule has 11 heteroatoms. The van der Waals surface area contributed by atoms with Crippen molar-refractivity contribution in [2.24, 2.45) is 0 Å². The lowest BCUT2D eigenvalue weighted by molar-refractivity contribution is -0.147. The molecule has 142 valence electrons. The molecule has 8 nitrogen and oxygen atoms in total. The lowest BCUT2D eigenvalue weighted by Crippen LogP contribution is -2.27. The van der Waals surface area contributed by atoms with Crippen LogP contribution in [0.4, 0.5) is 5.00 Å². The molecule has 2 rings (SSSR count). The highest BCUT2D eigenvalue weighted by molar-refractivity contribution is 7.89. The van der Waals surface area contributed by atoms with Crippen LogP contribution < -0.4 is 10.0 Å². The van der Waals surface area contributed by atoms with Crippen LogP contribution in [0, 0.1) is 11.3 Å². The molecule has 0 bridgehead atoms. The van der Waals surface area contributed by atoms with Crippen molar-refractivity contribution in [2.75, 3.05) is 18.5 Å². The zero-order valence-electron chi connectivity index (χ0n) is 13.8. The van der Waals surface area contributed by atoms with E-state index in [-0.39, 0.29) is 17.9 Å². The van der Waals surface area contributed by atoms with Gasteiger partial charge in [0.25, 0.3) is 5.91 Å². The minimum absolute atomic E-state index is 0.0175. The van der Waals surface area contributed by atoms with Gasteiger partial charge in [-0.25, -0.2) is 13.1 Å². The smallest absolute Gasteiger partial charge is 0.307 e. The highest BCUT2D eigenvalue weighted by Crippen LogP contribution is 2.21. The number of nitrogens with zero attached hydrogens (tertiary/aromatic N) is 1. The summed E-state index contributed by atoms with van der Waals surface area (Å²) in [6, 6.07) is 9.03. The maximum absolute atomic E-state index is 12.0. The number of rotatable bonds is 8. The number of benzene rings is 1. The van der Waals surface area contributed by atoms with E-state index in [1.54, 1.807) is 11.4 Å². The normalized spacial score (nSPS) is 10.8. The number of sulfonamides is 1. The first-order valence-electron chi connectivity index (χ1n) is 7.50. The number of anilines is 1. The number of nitriles is 1. The Morgan fingerprint density at radius 2 is 1.93 bits per heavy atom. The standard InChI is InChI=1S/C16H14ClN3O5S2/c17-12-1-3-13(4-2-12)27(23,24)19-7-5-15(22)25-10-14(21)20-16-11(9-18)6-8-26-16/h1-4,6,8,19H,5,7,10H2,(H,20,21). The van der Waals surface area contributed by atoms with Gasteiger partial charge in [0.15, 0.2) is 6.61 Å². The van der Waals surface area contributed by atoms with Crippen LogP contribution in [-0.2, 0) is 24.3 Å². The van der Waals surface area contributed by atoms with Gasteiger partial charge in [0.05, 0.1) is 16.9 Å². The molecule has 0 atom stereocenters. The van der Waals surface area contributed by atoms with Crippen molar-refractivity contribution in [3.63, 3.8) is 0 Å². The predicted molar refractivity (Wildman–Crippen MR) is 99.9 cm³/mol. The van der Waals surface area contributed by atoms with Crippen LogP contribution in [0.25, 0.3) is 0 Å². The topological polar surface area (TPSA) is 125 Å². The van der Waals surface area contributed by atoms with Gasteiger partial charge >= 0.3 is 5.97 Å². The molecule has 1 aromatic carbocycles. The van der Waals surface area contributed by atoms with E-state index >= 15 is 0 Å². The Kier molecular flexibility index (Phi) is 7.32. The lowest BCUT2D eigenvalue weighted by atomic mass is 10.3. The SMILES string of the molecule is N#Cc1ccsc1NC(=O)COC(=O)CCNS(=O)(=O)c1ccc(Cl)cc1. The number of nitrogens with one attached hydrogen (secondary N) is 2. The van der Waals surface area contributed by atoms with Crippen molar-refractivity contribution >= 4 is 49.8 Å². The number of hydrogen-bond donors (Lipinski definition) is 2. The van der Waals surface area contributed by atoms with Crippen LogP contribution in [-0.4, -0.2) is 33.4 Å². The third-order valence-corrected chi connectivity index (χ3v) is 5.71. The van der Waals surface area contributed by atoms with E-state index in [9.17, 15) is 18.0 Å². The van der Waals surface area contributed by atoms with Crippen molar-refractivity contribution in [2.45, 2.75) is 11.3 Å². The molecule has 1 amide bonds. The number of carbonyl (C=O) groups excluding carboxylic acids is 2. The molecule has 0 spiro atoms. The summed E-state index contributed by atoms with van der Waals surface area (Å²) in [6.07, 6.45) is -0.247. The third kappa shape index (κ3) is 6.33. The second kappa shape index (κ2) is 9.48. The van der Waals surface area contributed by atoms with E-state index in [1.807, 2.05) is 6.07 Å². The molecule has 27 heavy (non-hydrogen) atoms. The summed E-state index contributed by atoms with van der Waals surface area (Å²) >= 11 is 6.88. The maximum Gasteiger partial charge on any atom is 0.307 e. The average Bonchev–Trinajstić information content (AvgIpc) is 3.07. The Bertz CT molecular complexity index is 965. The monoisotopic (exact) mass is 427 g/mol. The fourth-order valence-corrected chi connectivity index (χ4v) is 3.77. The number of thiophene rings is 1. The molecule has 2 N–H and O–H groups in total. The molecule has 0 saturated carbocycles. The van der Waals surface area contributed by atoms with E-state index in [0.29, 0.717) is 15.6 Å². The van der Waals surface area contributed by atoms with Crippen molar-refractivity contribution < 1.29 is 22.7 Å². The van der Waals surface area contributed by atoms with Gasteiger partial charge in [0.1, 0.15) is 11.1 Å². The highest BCUT2D eigenvalue weighted by atomic mass is 35.5. The summed E-state index contributed by atoms with van der Waals surface area (Å²) in [5, 5.41) is 13.7. The summed E-state index contributed by atoms with van der Waals surface area (Å²) in [6.45, 7) is -0.722. The summed E-state index contributed by atoms with van der Waals surface area (Å²) in [5.41, 5.74) is 0.316. The zero-order valence-corrected chi connectivity index (χ0v) is 16.2. The van der Waals surface area contributed by atoms with Gasteiger partial charge in [-0.3, -0.25) is 9.59 Å². The van der Waals surface area contributed by atoms with Crippen LogP contribution in [0.1, 0.15) is 12.0 Å². The summed E-state index contributed by atoms with van der Waals surface area (Å²) in [7, 11) is -3.77. The summed E-state index contributed by atoms with van der Waals surface area (Å²) in [4.78, 5) is 23.4. The van der Waals surface area contributed by atoms with Gasteiger partial charge in [0.2, 0.25) is 10.0 Å². The second-order valence-corrected chi connectivity index (χ2v) is 8.21. The minimum atomic E-state index is -3.77. The van der Waals surface area contributed by atoms with Gasteiger partial charge in [-0.15, -0.1) is 11.3 Å². The first-order chi connectivity index (χ1) is 12.8. The number of ether oxygens (including phenoxy) is 1. The largest absolute Gasteiger partial charge is 0.456 e. The summed E-state index contributed by atoms with van der Waals surface area (Å²) < 4.78 is 31.1. The van der Waals surface area contributed by atoms with Crippen LogP contribution in [0.3, 0.4) is 0 Å². The number of amides is 1. The first kappa shape index (κ1) is 20.9. The van der Waals surface area contributed by atoms with Crippen LogP contribution in [0.5, 0.6) is 0 Å². The highest BCUT2D eigenvalue weighted by Gasteiger charge is 2.15. The van der Waals surface area contributed by atoms with Gasteiger partial charge < -0.3 is 10.1 Å². The van der Waals surface area contributed by atoms with Crippen LogP contribution in [0.15, 0.2) is 40.6 Å². The summed E-state index contributed by atoms with van der Waals surface area (Å²) in [5.74, 6) is -1.33. The first-order valence-corrected chi connectivity index (χ1v) is 10.2. The Balaban J connectivity index is 1.74. The van der Waals surface area contributed by atoms with E-state index in [0.717, 1.165) is 0 Å². The lowest BCUT2D eigenvalue weighted by Gasteiger charge is -2.08. The fraction of sp³-hybridized carbons (Fsp3) is 0.188. The molecule has 1 aromatic heterocycles. The fourth-order valence-electron chi connectivity index (χ4n) is 1.86. The zero-order chi connectivity index (χ0) is 19.9. The quantitative estimate of drug-likeness (QED) is 0.621. The number of carbonyl (C=O) groups is 2. The number of esters is 1. The van der Waals surface area contributed by atoms with E-state index in [4.69, 9.17) is 21.6 Å². The van der Waals surface area contributed by atoms with E-state index in [2.05, 4.69) is 10.0 Å². The van der Waals surface area contributed by atoms with Crippen LogP contribution >= 0.6 is 22.9 Å². The molecule has 0 saturated heterocycles. The van der Waals surface area contributed by atoms with E-state index < -0.39 is 28.5 Å². The number of hydrogen-bond acceptors (Lipinski definition) is 7. The van der Waals surface area contributed by atoms with Gasteiger partial charge in [-0.05, 0) is 35.7 Å². The molecule has 0 fully saturated rings. The predicted octanol–water partition coefficient (Wildman–Crippen LogP) is 2.12. The Hall–Kier alpha value is -2.45. The van der Waals surface area contributed by atoms with Crippen molar-refractivity contribution in [3.8, 4) is 6.07 Å². The average molecular weight is 428 g/mol. The van der Waals surface area contributed by atoms with Gasteiger partial charge in [0, 0.05) is 11.6 Å². The van der Waals surface area contributed by atoms with Crippen molar-refractivity contribution in [1.29, 1.82) is 5.26 Å². The minimum Gasteiger partial charge on any atom is -0.456 e. The molecule has 0 aliphatic heterocycles. The van der Waals surface area contributed by atoms with Crippen LogP contribution in [0.2, 0.25) is 5.02 Å². The second-order valence-electron chi connectivity index (χ2n) is 5.09.